The molecule has 138 valence electrons. The van der Waals surface area contributed by atoms with Crippen molar-refractivity contribution >= 4 is 17.5 Å². The third-order valence-electron chi connectivity index (χ3n) is 5.04. The molecule has 0 aliphatic carbocycles. The van der Waals surface area contributed by atoms with E-state index in [-0.39, 0.29) is 5.91 Å². The summed E-state index contributed by atoms with van der Waals surface area (Å²) >= 11 is 6.11. The molecule has 2 heterocycles. The Labute approximate surface area is 155 Å². The highest BCUT2D eigenvalue weighted by molar-refractivity contribution is 6.31. The van der Waals surface area contributed by atoms with Gasteiger partial charge in [0.05, 0.1) is 6.10 Å². The summed E-state index contributed by atoms with van der Waals surface area (Å²) in [4.78, 5) is 16.9. The Morgan fingerprint density at radius 2 is 1.96 bits per heavy atom. The van der Waals surface area contributed by atoms with Crippen molar-refractivity contribution in [3.05, 3.63) is 34.9 Å². The molecule has 2 fully saturated rings. The van der Waals surface area contributed by atoms with Gasteiger partial charge in [-0.25, -0.2) is 0 Å². The van der Waals surface area contributed by atoms with E-state index >= 15 is 0 Å². The van der Waals surface area contributed by atoms with Crippen molar-refractivity contribution < 1.29 is 9.53 Å². The largest absolute Gasteiger partial charge is 0.377 e. The first kappa shape index (κ1) is 18.6. The maximum Gasteiger partial charge on any atom is 0.221 e. The van der Waals surface area contributed by atoms with E-state index in [0.29, 0.717) is 24.1 Å². The number of rotatable bonds is 7. The summed E-state index contributed by atoms with van der Waals surface area (Å²) in [5.41, 5.74) is 0.959. The second-order valence-corrected chi connectivity index (χ2v) is 7.30. The topological polar surface area (TPSA) is 44.8 Å². The number of hydrogen-bond donors (Lipinski definition) is 1. The van der Waals surface area contributed by atoms with Gasteiger partial charge in [0.1, 0.15) is 0 Å². The molecule has 2 aliphatic rings. The fraction of sp³-hybridized carbons (Fsp3) is 0.632. The SMILES string of the molecule is O=C(CCN1CCN(CC2CCCO2)CC1)NCc1ccccc1Cl. The van der Waals surface area contributed by atoms with Crippen molar-refractivity contribution in [2.45, 2.75) is 31.9 Å². The predicted molar refractivity (Wildman–Crippen MR) is 99.8 cm³/mol. The number of carbonyl (C=O) groups is 1. The van der Waals surface area contributed by atoms with E-state index in [1.165, 1.54) is 12.8 Å². The van der Waals surface area contributed by atoms with Gasteiger partial charge in [-0.15, -0.1) is 0 Å². The lowest BCUT2D eigenvalue weighted by Gasteiger charge is -2.35. The van der Waals surface area contributed by atoms with Gasteiger partial charge in [-0.2, -0.15) is 0 Å². The normalized spacial score (nSPS) is 22.2. The Hall–Kier alpha value is -1.14. The summed E-state index contributed by atoms with van der Waals surface area (Å²) < 4.78 is 5.72. The molecular weight excluding hydrogens is 338 g/mol. The minimum Gasteiger partial charge on any atom is -0.377 e. The fourth-order valence-corrected chi connectivity index (χ4v) is 3.66. The highest BCUT2D eigenvalue weighted by atomic mass is 35.5. The molecule has 1 aromatic rings. The molecule has 3 rings (SSSR count). The average Bonchev–Trinajstić information content (AvgIpc) is 3.13. The molecule has 2 saturated heterocycles. The summed E-state index contributed by atoms with van der Waals surface area (Å²) in [6, 6.07) is 7.62. The van der Waals surface area contributed by atoms with Crippen LogP contribution in [-0.4, -0.2) is 67.7 Å². The highest BCUT2D eigenvalue weighted by Crippen LogP contribution is 2.15. The van der Waals surface area contributed by atoms with E-state index in [1.807, 2.05) is 24.3 Å². The van der Waals surface area contributed by atoms with Crippen LogP contribution in [0.3, 0.4) is 0 Å². The molecule has 1 aromatic carbocycles. The predicted octanol–water partition coefficient (Wildman–Crippen LogP) is 2.14. The fourth-order valence-electron chi connectivity index (χ4n) is 3.46. The van der Waals surface area contributed by atoms with Crippen LogP contribution in [0, 0.1) is 0 Å². The molecule has 0 bridgehead atoms. The quantitative estimate of drug-likeness (QED) is 0.804. The number of hydrogen-bond acceptors (Lipinski definition) is 4. The first-order valence-electron chi connectivity index (χ1n) is 9.27. The van der Waals surface area contributed by atoms with Crippen LogP contribution >= 0.6 is 11.6 Å². The van der Waals surface area contributed by atoms with Crippen LogP contribution in [0.15, 0.2) is 24.3 Å². The van der Waals surface area contributed by atoms with Crippen molar-refractivity contribution in [2.75, 3.05) is 45.9 Å². The molecule has 6 heteroatoms. The zero-order valence-electron chi connectivity index (χ0n) is 14.8. The van der Waals surface area contributed by atoms with E-state index in [4.69, 9.17) is 16.3 Å². The van der Waals surface area contributed by atoms with Crippen LogP contribution in [0.25, 0.3) is 0 Å². The summed E-state index contributed by atoms with van der Waals surface area (Å²) in [7, 11) is 0. The Morgan fingerprint density at radius 1 is 1.20 bits per heavy atom. The lowest BCUT2D eigenvalue weighted by molar-refractivity contribution is -0.121. The van der Waals surface area contributed by atoms with Crippen LogP contribution in [0.5, 0.6) is 0 Å². The molecule has 1 amide bonds. The van der Waals surface area contributed by atoms with E-state index in [2.05, 4.69) is 15.1 Å². The Bertz CT molecular complexity index is 555. The number of benzene rings is 1. The van der Waals surface area contributed by atoms with Crippen molar-refractivity contribution in [3.8, 4) is 0 Å². The van der Waals surface area contributed by atoms with Crippen LogP contribution < -0.4 is 5.32 Å². The first-order valence-corrected chi connectivity index (χ1v) is 9.65. The molecule has 1 N–H and O–H groups in total. The van der Waals surface area contributed by atoms with Crippen molar-refractivity contribution in [2.24, 2.45) is 0 Å². The van der Waals surface area contributed by atoms with Crippen molar-refractivity contribution in [1.82, 2.24) is 15.1 Å². The molecule has 2 aliphatic heterocycles. The van der Waals surface area contributed by atoms with E-state index in [1.54, 1.807) is 0 Å². The average molecular weight is 366 g/mol. The van der Waals surface area contributed by atoms with Crippen molar-refractivity contribution in [1.29, 1.82) is 0 Å². The second-order valence-electron chi connectivity index (χ2n) is 6.90. The maximum absolute atomic E-state index is 12.1. The van der Waals surface area contributed by atoms with Crippen LogP contribution in [0.4, 0.5) is 0 Å². The van der Waals surface area contributed by atoms with Gasteiger partial charge in [-0.05, 0) is 24.5 Å². The number of amides is 1. The number of halogens is 1. The summed E-state index contributed by atoms with van der Waals surface area (Å²) in [6.45, 7) is 7.51. The van der Waals surface area contributed by atoms with Crippen LogP contribution in [0.2, 0.25) is 5.02 Å². The van der Waals surface area contributed by atoms with Gasteiger partial charge in [-0.3, -0.25) is 9.69 Å². The van der Waals surface area contributed by atoms with Crippen LogP contribution in [0.1, 0.15) is 24.8 Å². The monoisotopic (exact) mass is 365 g/mol. The van der Waals surface area contributed by atoms with E-state index in [0.717, 1.165) is 51.4 Å². The molecule has 1 atom stereocenters. The smallest absolute Gasteiger partial charge is 0.221 e. The molecule has 25 heavy (non-hydrogen) atoms. The molecule has 0 aromatic heterocycles. The third-order valence-corrected chi connectivity index (χ3v) is 5.41. The summed E-state index contributed by atoms with van der Waals surface area (Å²) in [5, 5.41) is 3.66. The van der Waals surface area contributed by atoms with Gasteiger partial charge in [0.25, 0.3) is 0 Å². The molecule has 0 saturated carbocycles. The summed E-state index contributed by atoms with van der Waals surface area (Å²) in [6.07, 6.45) is 3.37. The van der Waals surface area contributed by atoms with Gasteiger partial charge in [0.2, 0.25) is 5.91 Å². The zero-order chi connectivity index (χ0) is 17.5. The Balaban J connectivity index is 1.30. The molecule has 5 nitrogen and oxygen atoms in total. The van der Waals surface area contributed by atoms with Gasteiger partial charge >= 0.3 is 0 Å². The number of nitrogens with zero attached hydrogens (tertiary/aromatic N) is 2. The van der Waals surface area contributed by atoms with E-state index in [9.17, 15) is 4.79 Å². The zero-order valence-corrected chi connectivity index (χ0v) is 15.5. The second kappa shape index (κ2) is 9.53. The van der Waals surface area contributed by atoms with Gasteiger partial charge < -0.3 is 15.0 Å². The lowest BCUT2D eigenvalue weighted by atomic mass is 10.2. The first-order chi connectivity index (χ1) is 12.2. The number of carbonyl (C=O) groups excluding carboxylic acids is 1. The lowest BCUT2D eigenvalue weighted by Crippen LogP contribution is -2.49. The highest BCUT2D eigenvalue weighted by Gasteiger charge is 2.22. The maximum atomic E-state index is 12.1. The van der Waals surface area contributed by atoms with Gasteiger partial charge in [0, 0.05) is 63.9 Å². The van der Waals surface area contributed by atoms with Gasteiger partial charge in [-0.1, -0.05) is 29.8 Å². The molecular formula is C19H28ClN3O2. The minimum atomic E-state index is 0.0849. The molecule has 0 spiro atoms. The number of piperazine rings is 1. The number of ether oxygens (including phenoxy) is 1. The van der Waals surface area contributed by atoms with E-state index < -0.39 is 0 Å². The van der Waals surface area contributed by atoms with Crippen molar-refractivity contribution in [3.63, 3.8) is 0 Å². The van der Waals surface area contributed by atoms with Crippen LogP contribution in [-0.2, 0) is 16.1 Å². The minimum absolute atomic E-state index is 0.0849. The molecule has 0 radical (unpaired) electrons. The number of nitrogens with one attached hydrogen (secondary N) is 1. The third kappa shape index (κ3) is 5.96. The standard InChI is InChI=1S/C19H28ClN3O2/c20-18-6-2-1-4-16(18)14-21-19(24)7-8-22-9-11-23(12-10-22)15-17-5-3-13-25-17/h1-2,4,6,17H,3,5,7-15H2,(H,21,24). The Kier molecular flexibility index (Phi) is 7.11. The summed E-state index contributed by atoms with van der Waals surface area (Å²) in [5.74, 6) is 0.0849. The van der Waals surface area contributed by atoms with Gasteiger partial charge in [0.15, 0.2) is 0 Å². The molecule has 1 unspecified atom stereocenters. The Morgan fingerprint density at radius 3 is 2.68 bits per heavy atom.